The summed E-state index contributed by atoms with van der Waals surface area (Å²) in [5.41, 5.74) is 7.05. The van der Waals surface area contributed by atoms with Gasteiger partial charge in [0.15, 0.2) is 0 Å². The predicted octanol–water partition coefficient (Wildman–Crippen LogP) is 5.39. The number of anilines is 3. The van der Waals surface area contributed by atoms with Gasteiger partial charge in [0.25, 0.3) is 0 Å². The Bertz CT molecular complexity index is 988. The molecule has 1 atom stereocenters. The lowest BCUT2D eigenvalue weighted by Crippen LogP contribution is -2.62. The molecule has 2 aliphatic carbocycles. The van der Waals surface area contributed by atoms with Crippen molar-refractivity contribution in [1.82, 2.24) is 24.3 Å². The number of hydrogen-bond acceptors (Lipinski definition) is 7. The molecule has 2 saturated carbocycles. The van der Waals surface area contributed by atoms with E-state index in [0.717, 1.165) is 29.0 Å². The number of benzene rings is 1. The molecule has 3 N–H and O–H groups in total. The number of nitrogens with zero attached hydrogens (tertiary/aromatic N) is 5. The maximum Gasteiger partial charge on any atom is 0.335 e. The second kappa shape index (κ2) is 11.3. The van der Waals surface area contributed by atoms with Crippen LogP contribution in [0.2, 0.25) is 5.02 Å². The molecule has 4 rings (SSSR count). The van der Waals surface area contributed by atoms with Crippen LogP contribution in [0.1, 0.15) is 64.2 Å². The molecule has 0 radical (unpaired) electrons. The first-order valence-electron chi connectivity index (χ1n) is 13.0. The van der Waals surface area contributed by atoms with Crippen LogP contribution in [0, 0.1) is 0 Å². The summed E-state index contributed by atoms with van der Waals surface area (Å²) < 4.78 is 6.01. The van der Waals surface area contributed by atoms with Crippen molar-refractivity contribution in [2.45, 2.75) is 82.3 Å². The second-order valence-electron chi connectivity index (χ2n) is 10.5. The summed E-state index contributed by atoms with van der Waals surface area (Å²) >= 11 is 6.33. The van der Waals surface area contributed by atoms with Gasteiger partial charge in [-0.15, -0.1) is 9.97 Å². The van der Waals surface area contributed by atoms with E-state index >= 15 is 0 Å². The minimum Gasteiger partial charge on any atom is -0.495 e. The lowest BCUT2D eigenvalue weighted by Gasteiger charge is -2.47. The molecule has 0 bridgehead atoms. The van der Waals surface area contributed by atoms with E-state index in [2.05, 4.69) is 36.3 Å². The third-order valence-electron chi connectivity index (χ3n) is 8.22. The molecule has 0 saturated heterocycles. The van der Waals surface area contributed by atoms with Gasteiger partial charge in [0.1, 0.15) is 5.75 Å². The number of halogens is 1. The lowest BCUT2D eigenvalue weighted by atomic mass is 9.86. The quantitative estimate of drug-likeness (QED) is 0.387. The Morgan fingerprint density at radius 2 is 1.63 bits per heavy atom. The molecule has 1 heterocycles. The zero-order valence-corrected chi connectivity index (χ0v) is 22.4. The minimum absolute atomic E-state index is 0.247. The van der Waals surface area contributed by atoms with Gasteiger partial charge in [-0.2, -0.15) is 4.98 Å². The number of nitrogens with two attached hydrogens (primary N) is 1. The van der Waals surface area contributed by atoms with Crippen LogP contribution in [-0.2, 0) is 0 Å². The molecule has 0 amide bonds. The zero-order valence-electron chi connectivity index (χ0n) is 21.6. The van der Waals surface area contributed by atoms with Gasteiger partial charge in [-0.25, -0.2) is 0 Å². The molecule has 2 aromatic rings. The van der Waals surface area contributed by atoms with Gasteiger partial charge in [-0.05, 0) is 70.8 Å². The van der Waals surface area contributed by atoms with Crippen LogP contribution in [0.15, 0.2) is 18.2 Å². The monoisotopic (exact) mass is 502 g/mol. The van der Waals surface area contributed by atoms with Crippen LogP contribution in [0.5, 0.6) is 5.75 Å². The van der Waals surface area contributed by atoms with Crippen LogP contribution >= 0.6 is 11.6 Å². The van der Waals surface area contributed by atoms with Gasteiger partial charge >= 0.3 is 5.95 Å². The Kier molecular flexibility index (Phi) is 8.34. The van der Waals surface area contributed by atoms with Crippen LogP contribution in [-0.4, -0.2) is 66.2 Å². The molecule has 0 spiro atoms. The van der Waals surface area contributed by atoms with Gasteiger partial charge in [0, 0.05) is 24.6 Å². The number of nitrogen functional groups attached to an aromatic ring is 1. The highest BCUT2D eigenvalue weighted by atomic mass is 35.5. The first-order valence-corrected chi connectivity index (χ1v) is 13.3. The maximum absolute atomic E-state index is 6.33. The Morgan fingerprint density at radius 3 is 2.23 bits per heavy atom. The molecule has 2 fully saturated rings. The molecule has 1 aromatic carbocycles. The van der Waals surface area contributed by atoms with Crippen LogP contribution in [0.3, 0.4) is 0 Å². The largest absolute Gasteiger partial charge is 0.495 e. The Hall–Kier alpha value is -2.16. The topological polar surface area (TPSA) is 89.2 Å². The minimum atomic E-state index is 0.247. The molecule has 9 heteroatoms. The van der Waals surface area contributed by atoms with Crippen molar-refractivity contribution in [2.24, 2.45) is 0 Å². The van der Waals surface area contributed by atoms with E-state index in [-0.39, 0.29) is 5.95 Å². The van der Waals surface area contributed by atoms with E-state index in [1.807, 2.05) is 18.2 Å². The fourth-order valence-corrected chi connectivity index (χ4v) is 6.31. The number of aromatic nitrogens is 3. The first-order chi connectivity index (χ1) is 16.8. The predicted molar refractivity (Wildman–Crippen MR) is 144 cm³/mol. The molecule has 2 aliphatic rings. The summed E-state index contributed by atoms with van der Waals surface area (Å²) in [4.78, 5) is 16.5. The summed E-state index contributed by atoms with van der Waals surface area (Å²) in [7, 11) is 8.34. The maximum atomic E-state index is 6.33. The molecule has 35 heavy (non-hydrogen) atoms. The van der Waals surface area contributed by atoms with Gasteiger partial charge < -0.3 is 20.7 Å². The Morgan fingerprint density at radius 1 is 0.971 bits per heavy atom. The highest BCUT2D eigenvalue weighted by molar-refractivity contribution is 6.32. The van der Waals surface area contributed by atoms with E-state index in [4.69, 9.17) is 32.0 Å². The SMILES string of the molecule is COc1ccc(Nc2nc(N)nc([N+](C)(C3CCCCCC3)C3CCC(N(C)C)CC3)n2)cc1Cl. The number of rotatable bonds is 7. The summed E-state index contributed by atoms with van der Waals surface area (Å²) in [6.07, 6.45) is 12.3. The summed E-state index contributed by atoms with van der Waals surface area (Å²) in [5.74, 6) is 2.10. The third kappa shape index (κ3) is 5.81. The lowest BCUT2D eigenvalue weighted by molar-refractivity contribution is 0.0947. The molecule has 192 valence electrons. The molecule has 1 unspecified atom stereocenters. The first kappa shape index (κ1) is 25.9. The standard InChI is InChI=1S/C26H41ClN7O/c1-33(2)19-12-14-21(15-13-19)34(3,20-9-7-5-6-8-10-20)26-31-24(28)30-25(32-26)29-18-11-16-23(35-4)22(27)17-18/h11,16-17,19-21H,5-10,12-15H2,1-4H3,(H3,28,29,30,31,32)/q+1. The van der Waals surface area contributed by atoms with Crippen molar-refractivity contribution in [3.05, 3.63) is 23.2 Å². The Balaban J connectivity index is 1.67. The zero-order chi connectivity index (χ0) is 25.0. The van der Waals surface area contributed by atoms with E-state index < -0.39 is 0 Å². The summed E-state index contributed by atoms with van der Waals surface area (Å²) in [6.45, 7) is 0. The van der Waals surface area contributed by atoms with Crippen molar-refractivity contribution < 1.29 is 4.74 Å². The fourth-order valence-electron chi connectivity index (χ4n) is 6.06. The van der Waals surface area contributed by atoms with Gasteiger partial charge in [0.05, 0.1) is 31.3 Å². The third-order valence-corrected chi connectivity index (χ3v) is 8.51. The van der Waals surface area contributed by atoms with E-state index in [1.54, 1.807) is 7.11 Å². The molecule has 1 aromatic heterocycles. The Labute approximate surface area is 214 Å². The van der Waals surface area contributed by atoms with Crippen molar-refractivity contribution in [3.63, 3.8) is 0 Å². The normalized spacial score (nSPS) is 23.5. The number of hydrogen-bond donors (Lipinski definition) is 2. The van der Waals surface area contributed by atoms with Gasteiger partial charge in [-0.3, -0.25) is 4.48 Å². The average molecular weight is 503 g/mol. The highest BCUT2D eigenvalue weighted by Crippen LogP contribution is 2.39. The molecular weight excluding hydrogens is 462 g/mol. The van der Waals surface area contributed by atoms with Crippen LogP contribution in [0.25, 0.3) is 0 Å². The van der Waals surface area contributed by atoms with Gasteiger partial charge in [0.2, 0.25) is 11.9 Å². The number of ether oxygens (including phenoxy) is 1. The summed E-state index contributed by atoms with van der Waals surface area (Å²) in [6, 6.07) is 7.14. The van der Waals surface area contributed by atoms with E-state index in [1.165, 1.54) is 51.4 Å². The molecule has 0 aliphatic heterocycles. The number of nitrogens with one attached hydrogen (secondary N) is 1. The second-order valence-corrected chi connectivity index (χ2v) is 10.9. The van der Waals surface area contributed by atoms with Gasteiger partial charge in [-0.1, -0.05) is 24.4 Å². The number of quaternary nitrogens is 1. The highest BCUT2D eigenvalue weighted by Gasteiger charge is 2.46. The van der Waals surface area contributed by atoms with Crippen molar-refractivity contribution in [3.8, 4) is 5.75 Å². The average Bonchev–Trinajstić information content (AvgIpc) is 3.13. The van der Waals surface area contributed by atoms with Crippen molar-refractivity contribution in [2.75, 3.05) is 39.3 Å². The molecular formula is C26H41ClN7O+. The fraction of sp³-hybridized carbons (Fsp3) is 0.654. The smallest absolute Gasteiger partial charge is 0.335 e. The summed E-state index contributed by atoms with van der Waals surface area (Å²) in [5, 5.41) is 3.82. The van der Waals surface area contributed by atoms with E-state index in [0.29, 0.717) is 34.8 Å². The number of methoxy groups -OCH3 is 1. The molecule has 8 nitrogen and oxygen atoms in total. The van der Waals surface area contributed by atoms with E-state index in [9.17, 15) is 0 Å². The van der Waals surface area contributed by atoms with Crippen LogP contribution in [0.4, 0.5) is 23.5 Å². The van der Waals surface area contributed by atoms with Crippen LogP contribution < -0.4 is 20.3 Å². The van der Waals surface area contributed by atoms with Crippen molar-refractivity contribution in [1.29, 1.82) is 0 Å². The van der Waals surface area contributed by atoms with Crippen molar-refractivity contribution >= 4 is 35.1 Å².